The number of aliphatic imine (C=N–C) groups is 1. The van der Waals surface area contributed by atoms with Crippen molar-refractivity contribution >= 4 is 35.9 Å². The molecule has 7 nitrogen and oxygen atoms in total. The fourth-order valence-corrected chi connectivity index (χ4v) is 2.87. The molecule has 0 saturated carbocycles. The average Bonchev–Trinajstić information content (AvgIpc) is 3.16. The highest BCUT2D eigenvalue weighted by Gasteiger charge is 2.26. The maximum absolute atomic E-state index is 11.3. The average molecular weight is 449 g/mol. The van der Waals surface area contributed by atoms with Crippen molar-refractivity contribution in [3.05, 3.63) is 18.0 Å². The van der Waals surface area contributed by atoms with Crippen LogP contribution in [-0.4, -0.2) is 59.9 Å². The quantitative estimate of drug-likeness (QED) is 0.236. The van der Waals surface area contributed by atoms with Crippen molar-refractivity contribution in [3.63, 3.8) is 0 Å². The summed E-state index contributed by atoms with van der Waals surface area (Å²) < 4.78 is 6.77. The number of aryl methyl sites for hydroxylation is 1. The van der Waals surface area contributed by atoms with Crippen LogP contribution in [0.2, 0.25) is 0 Å². The third-order valence-corrected chi connectivity index (χ3v) is 4.04. The number of aromatic nitrogens is 2. The highest BCUT2D eigenvalue weighted by Crippen LogP contribution is 2.26. The number of ether oxygens (including phenoxy) is 1. The Morgan fingerprint density at radius 3 is 2.96 bits per heavy atom. The molecule has 0 aromatic carbocycles. The summed E-state index contributed by atoms with van der Waals surface area (Å²) in [5.74, 6) is 1.27. The number of halogens is 1. The summed E-state index contributed by atoms with van der Waals surface area (Å²) in [6.07, 6.45) is 6.33. The minimum absolute atomic E-state index is 0. The second-order valence-electron chi connectivity index (χ2n) is 5.76. The fraction of sp³-hybridized carbons (Fsp3) is 0.688. The normalized spacial score (nSPS) is 17.5. The van der Waals surface area contributed by atoms with E-state index in [0.717, 1.165) is 38.4 Å². The molecular formula is C16H28IN5O2. The van der Waals surface area contributed by atoms with Crippen LogP contribution >= 0.6 is 24.0 Å². The van der Waals surface area contributed by atoms with E-state index < -0.39 is 0 Å². The number of esters is 1. The molecular weight excluding hydrogens is 421 g/mol. The first-order valence-corrected chi connectivity index (χ1v) is 8.23. The van der Waals surface area contributed by atoms with Gasteiger partial charge in [0, 0.05) is 52.3 Å². The van der Waals surface area contributed by atoms with Gasteiger partial charge in [-0.3, -0.25) is 14.5 Å². The molecule has 0 amide bonds. The molecule has 1 aliphatic rings. The van der Waals surface area contributed by atoms with Crippen LogP contribution in [0, 0.1) is 0 Å². The number of likely N-dealkylation sites (tertiary alicyclic amines) is 1. The van der Waals surface area contributed by atoms with Gasteiger partial charge in [-0.25, -0.2) is 0 Å². The summed E-state index contributed by atoms with van der Waals surface area (Å²) in [7, 11) is 3.74. The minimum atomic E-state index is -0.137. The van der Waals surface area contributed by atoms with Crippen LogP contribution in [0.4, 0.5) is 0 Å². The highest BCUT2D eigenvalue weighted by atomic mass is 127. The van der Waals surface area contributed by atoms with Gasteiger partial charge in [-0.2, -0.15) is 5.10 Å². The monoisotopic (exact) mass is 449 g/mol. The van der Waals surface area contributed by atoms with Gasteiger partial charge in [0.15, 0.2) is 5.96 Å². The third-order valence-electron chi connectivity index (χ3n) is 4.04. The standard InChI is InChI=1S/C16H27N5O2.HI/c1-4-23-15(22)6-5-8-18-16(17-2)21-9-7-13(12-21)14-10-19-20(3)11-14;/h10-11,13H,4-9,12H2,1-3H3,(H,17,18);1H. The van der Waals surface area contributed by atoms with E-state index in [4.69, 9.17) is 4.74 Å². The van der Waals surface area contributed by atoms with Gasteiger partial charge < -0.3 is 15.0 Å². The van der Waals surface area contributed by atoms with Crippen LogP contribution < -0.4 is 5.32 Å². The zero-order chi connectivity index (χ0) is 16.7. The lowest BCUT2D eigenvalue weighted by atomic mass is 10.0. The van der Waals surface area contributed by atoms with Crippen LogP contribution in [0.25, 0.3) is 0 Å². The number of carbonyl (C=O) groups excluding carboxylic acids is 1. The van der Waals surface area contributed by atoms with E-state index in [9.17, 15) is 4.79 Å². The summed E-state index contributed by atoms with van der Waals surface area (Å²) in [4.78, 5) is 17.9. The zero-order valence-corrected chi connectivity index (χ0v) is 17.0. The van der Waals surface area contributed by atoms with E-state index in [1.54, 1.807) is 7.05 Å². The smallest absolute Gasteiger partial charge is 0.305 e. The maximum atomic E-state index is 11.3. The second kappa shape index (κ2) is 10.5. The Labute approximate surface area is 160 Å². The highest BCUT2D eigenvalue weighted by molar-refractivity contribution is 14.0. The fourth-order valence-electron chi connectivity index (χ4n) is 2.87. The Kier molecular flexibility index (Phi) is 9.09. The summed E-state index contributed by atoms with van der Waals surface area (Å²) in [5, 5.41) is 7.59. The predicted octanol–water partition coefficient (Wildman–Crippen LogP) is 1.75. The molecule has 1 aromatic heterocycles. The molecule has 2 heterocycles. The molecule has 0 spiro atoms. The Bertz CT molecular complexity index is 546. The number of nitrogens with zero attached hydrogens (tertiary/aromatic N) is 4. The topological polar surface area (TPSA) is 71.8 Å². The molecule has 8 heteroatoms. The number of rotatable bonds is 6. The van der Waals surface area contributed by atoms with Gasteiger partial charge in [-0.05, 0) is 25.3 Å². The number of carbonyl (C=O) groups is 1. The molecule has 136 valence electrons. The first kappa shape index (κ1) is 20.7. The summed E-state index contributed by atoms with van der Waals surface area (Å²) in [6.45, 7) is 4.92. The van der Waals surface area contributed by atoms with Gasteiger partial charge in [-0.1, -0.05) is 0 Å². The van der Waals surface area contributed by atoms with Crippen molar-refractivity contribution in [2.24, 2.45) is 12.0 Å². The molecule has 1 unspecified atom stereocenters. The van der Waals surface area contributed by atoms with Crippen molar-refractivity contribution < 1.29 is 9.53 Å². The Hall–Kier alpha value is -1.32. The SMILES string of the molecule is CCOC(=O)CCCNC(=NC)N1CCC(c2cnn(C)c2)C1.I. The third kappa shape index (κ3) is 5.95. The van der Waals surface area contributed by atoms with Crippen LogP contribution in [0.1, 0.15) is 37.7 Å². The van der Waals surface area contributed by atoms with E-state index in [1.807, 2.05) is 24.9 Å². The van der Waals surface area contributed by atoms with Crippen molar-refractivity contribution in [1.29, 1.82) is 0 Å². The molecule has 1 saturated heterocycles. The molecule has 1 atom stereocenters. The summed E-state index contributed by atoms with van der Waals surface area (Å²) in [6, 6.07) is 0. The molecule has 0 radical (unpaired) electrons. The first-order chi connectivity index (χ1) is 11.1. The molecule has 1 aliphatic heterocycles. The first-order valence-electron chi connectivity index (χ1n) is 8.23. The van der Waals surface area contributed by atoms with Gasteiger partial charge in [0.2, 0.25) is 0 Å². The van der Waals surface area contributed by atoms with Crippen molar-refractivity contribution in [1.82, 2.24) is 20.0 Å². The predicted molar refractivity (Wildman–Crippen MR) is 105 cm³/mol. The van der Waals surface area contributed by atoms with Crippen molar-refractivity contribution in [2.75, 3.05) is 33.3 Å². The van der Waals surface area contributed by atoms with Gasteiger partial charge in [0.25, 0.3) is 0 Å². The minimum Gasteiger partial charge on any atom is -0.466 e. The van der Waals surface area contributed by atoms with Gasteiger partial charge in [0.05, 0.1) is 12.8 Å². The van der Waals surface area contributed by atoms with E-state index in [2.05, 4.69) is 26.5 Å². The molecule has 2 rings (SSSR count). The lowest BCUT2D eigenvalue weighted by molar-refractivity contribution is -0.143. The van der Waals surface area contributed by atoms with Crippen molar-refractivity contribution in [3.8, 4) is 0 Å². The molecule has 1 N–H and O–H groups in total. The molecule has 0 bridgehead atoms. The molecule has 1 aromatic rings. The van der Waals surface area contributed by atoms with Crippen LogP contribution in [-0.2, 0) is 16.6 Å². The van der Waals surface area contributed by atoms with E-state index in [1.165, 1.54) is 5.56 Å². The Balaban J connectivity index is 0.00000288. The lowest BCUT2D eigenvalue weighted by Crippen LogP contribution is -2.40. The Morgan fingerprint density at radius 2 is 2.33 bits per heavy atom. The van der Waals surface area contributed by atoms with E-state index >= 15 is 0 Å². The molecule has 0 aliphatic carbocycles. The van der Waals surface area contributed by atoms with Gasteiger partial charge >= 0.3 is 5.97 Å². The van der Waals surface area contributed by atoms with Gasteiger partial charge in [0.1, 0.15) is 0 Å². The number of hydrogen-bond acceptors (Lipinski definition) is 4. The summed E-state index contributed by atoms with van der Waals surface area (Å²) >= 11 is 0. The zero-order valence-electron chi connectivity index (χ0n) is 14.7. The summed E-state index contributed by atoms with van der Waals surface area (Å²) in [5.41, 5.74) is 1.28. The van der Waals surface area contributed by atoms with Crippen LogP contribution in [0.5, 0.6) is 0 Å². The van der Waals surface area contributed by atoms with Crippen LogP contribution in [0.15, 0.2) is 17.4 Å². The second-order valence-corrected chi connectivity index (χ2v) is 5.76. The van der Waals surface area contributed by atoms with Gasteiger partial charge in [-0.15, -0.1) is 24.0 Å². The van der Waals surface area contributed by atoms with E-state index in [0.29, 0.717) is 18.9 Å². The lowest BCUT2D eigenvalue weighted by Gasteiger charge is -2.21. The Morgan fingerprint density at radius 1 is 1.54 bits per heavy atom. The van der Waals surface area contributed by atoms with E-state index in [-0.39, 0.29) is 29.9 Å². The molecule has 24 heavy (non-hydrogen) atoms. The number of guanidine groups is 1. The van der Waals surface area contributed by atoms with Crippen molar-refractivity contribution in [2.45, 2.75) is 32.1 Å². The number of hydrogen-bond donors (Lipinski definition) is 1. The number of nitrogens with one attached hydrogen (secondary N) is 1. The van der Waals surface area contributed by atoms with Crippen LogP contribution in [0.3, 0.4) is 0 Å². The molecule has 1 fully saturated rings. The maximum Gasteiger partial charge on any atom is 0.305 e. The largest absolute Gasteiger partial charge is 0.466 e.